The first-order valence-electron chi connectivity index (χ1n) is 20.7. The van der Waals surface area contributed by atoms with Gasteiger partial charge in [-0.2, -0.15) is 0 Å². The van der Waals surface area contributed by atoms with E-state index in [0.29, 0.717) is 11.4 Å². The van der Waals surface area contributed by atoms with Gasteiger partial charge in [-0.3, -0.25) is 9.55 Å². The van der Waals surface area contributed by atoms with Gasteiger partial charge in [0.25, 0.3) is 0 Å². The zero-order valence-corrected chi connectivity index (χ0v) is 35.1. The maximum Gasteiger partial charge on any atom is 0.149 e. The molecule has 1 N–H and O–H groups in total. The number of aryl methyl sites for hydroxylation is 1. The van der Waals surface area contributed by atoms with E-state index in [1.165, 1.54) is 11.1 Å². The summed E-state index contributed by atoms with van der Waals surface area (Å²) in [6, 6.07) is 61.5. The lowest BCUT2D eigenvalue weighted by molar-refractivity contribution is 0.225. The summed E-state index contributed by atoms with van der Waals surface area (Å²) in [5.41, 5.74) is 16.4. The second-order valence-electron chi connectivity index (χ2n) is 17.4. The number of pyridine rings is 1. The summed E-state index contributed by atoms with van der Waals surface area (Å²) in [6.45, 7) is 13.7. The molecule has 0 aliphatic heterocycles. The van der Waals surface area contributed by atoms with E-state index in [-0.39, 0.29) is 16.6 Å². The van der Waals surface area contributed by atoms with Crippen LogP contribution in [-0.4, -0.2) is 19.6 Å². The second-order valence-corrected chi connectivity index (χ2v) is 17.4. The van der Waals surface area contributed by atoms with E-state index in [0.717, 1.165) is 72.5 Å². The van der Waals surface area contributed by atoms with E-state index in [2.05, 4.69) is 198 Å². The van der Waals surface area contributed by atoms with Crippen molar-refractivity contribution in [1.82, 2.24) is 14.5 Å². The quantitative estimate of drug-likeness (QED) is 0.167. The first-order chi connectivity index (χ1) is 29.0. The van der Waals surface area contributed by atoms with Gasteiger partial charge in [0.05, 0.1) is 28.0 Å². The molecule has 4 nitrogen and oxygen atoms in total. The summed E-state index contributed by atoms with van der Waals surface area (Å²) in [6.07, 6.45) is 1.90. The van der Waals surface area contributed by atoms with Gasteiger partial charge in [0, 0.05) is 22.9 Å². The number of imidazole rings is 1. The lowest BCUT2D eigenvalue weighted by Gasteiger charge is -2.40. The molecule has 4 heteroatoms. The highest BCUT2D eigenvalue weighted by Gasteiger charge is 2.35. The predicted octanol–water partition coefficient (Wildman–Crippen LogP) is 14.8. The first kappa shape index (κ1) is 38.5. The van der Waals surface area contributed by atoms with Gasteiger partial charge in [-0.05, 0) is 117 Å². The average Bonchev–Trinajstić information content (AvgIpc) is 3.66. The third kappa shape index (κ3) is 7.09. The molecule has 9 aromatic rings. The highest BCUT2D eigenvalue weighted by molar-refractivity contribution is 5.98. The van der Waals surface area contributed by atoms with E-state index in [1.54, 1.807) is 6.07 Å². The predicted molar refractivity (Wildman–Crippen MR) is 250 cm³/mol. The van der Waals surface area contributed by atoms with Crippen LogP contribution in [0.5, 0.6) is 5.75 Å². The molecule has 60 heavy (non-hydrogen) atoms. The lowest BCUT2D eigenvalue weighted by atomic mass is 9.65. The standard InChI is InChI=1S/C56H49N3O/c1-37-24-26-39(27-25-37)41-30-31-57-49(35-41)44-33-42(38-16-9-7-10-17-38)32-43(34-44)46-21-15-22-51-53(46)58-54(47-20-13-14-23-52(47)60)59(51)50-29-28-45(56(5,6)55(2,3)4)36-48(50)40-18-11-8-12-19-40/h7-36,60H,1-6H3. The molecule has 0 amide bonds. The second kappa shape index (κ2) is 15.3. The van der Waals surface area contributed by atoms with Gasteiger partial charge in [0.2, 0.25) is 0 Å². The number of hydrogen-bond acceptors (Lipinski definition) is 3. The number of para-hydroxylation sites is 2. The molecule has 0 unspecified atom stereocenters. The summed E-state index contributed by atoms with van der Waals surface area (Å²) in [5, 5.41) is 11.5. The minimum atomic E-state index is -0.115. The van der Waals surface area contributed by atoms with Crippen LogP contribution in [0.25, 0.3) is 83.9 Å². The number of benzene rings is 7. The molecular weight excluding hydrogens is 731 g/mol. The fraction of sp³-hybridized carbons (Fsp3) is 0.143. The number of phenols is 1. The van der Waals surface area contributed by atoms with Crippen molar-refractivity contribution in [2.45, 2.75) is 47.0 Å². The number of nitrogens with zero attached hydrogens (tertiary/aromatic N) is 3. The van der Waals surface area contributed by atoms with Gasteiger partial charge in [-0.1, -0.05) is 155 Å². The van der Waals surface area contributed by atoms with E-state index in [4.69, 9.17) is 9.97 Å². The van der Waals surface area contributed by atoms with Gasteiger partial charge in [-0.15, -0.1) is 0 Å². The Balaban J connectivity index is 1.30. The summed E-state index contributed by atoms with van der Waals surface area (Å²) in [7, 11) is 0. The van der Waals surface area contributed by atoms with E-state index in [1.807, 2.05) is 24.4 Å². The molecule has 2 heterocycles. The van der Waals surface area contributed by atoms with Gasteiger partial charge in [0.1, 0.15) is 11.6 Å². The summed E-state index contributed by atoms with van der Waals surface area (Å²) in [4.78, 5) is 10.4. The monoisotopic (exact) mass is 779 g/mol. The maximum atomic E-state index is 11.5. The van der Waals surface area contributed by atoms with Crippen molar-refractivity contribution < 1.29 is 5.11 Å². The topological polar surface area (TPSA) is 50.9 Å². The van der Waals surface area contributed by atoms with Crippen LogP contribution in [0, 0.1) is 12.3 Å². The zero-order chi connectivity index (χ0) is 41.6. The molecule has 0 aliphatic carbocycles. The van der Waals surface area contributed by atoms with Gasteiger partial charge in [-0.25, -0.2) is 4.98 Å². The van der Waals surface area contributed by atoms with Crippen LogP contribution < -0.4 is 0 Å². The molecule has 0 atom stereocenters. The van der Waals surface area contributed by atoms with Crippen LogP contribution in [0.4, 0.5) is 0 Å². The highest BCUT2D eigenvalue weighted by atomic mass is 16.3. The molecule has 0 saturated carbocycles. The Kier molecular flexibility index (Phi) is 9.80. The van der Waals surface area contributed by atoms with Crippen LogP contribution in [0.2, 0.25) is 0 Å². The minimum Gasteiger partial charge on any atom is -0.507 e. The minimum absolute atomic E-state index is 0.0186. The molecule has 7 aromatic carbocycles. The van der Waals surface area contributed by atoms with E-state index < -0.39 is 0 Å². The van der Waals surface area contributed by atoms with Crippen LogP contribution in [0.3, 0.4) is 0 Å². The van der Waals surface area contributed by atoms with Crippen LogP contribution >= 0.6 is 0 Å². The average molecular weight is 780 g/mol. The van der Waals surface area contributed by atoms with Crippen molar-refractivity contribution in [2.75, 3.05) is 0 Å². The maximum absolute atomic E-state index is 11.5. The number of aromatic nitrogens is 3. The highest BCUT2D eigenvalue weighted by Crippen LogP contribution is 2.45. The number of hydrogen-bond donors (Lipinski definition) is 1. The summed E-state index contributed by atoms with van der Waals surface area (Å²) in [5.74, 6) is 0.845. The fourth-order valence-electron chi connectivity index (χ4n) is 8.06. The number of phenolic OH excluding ortho intramolecular Hbond substituents is 1. The Morgan fingerprint density at radius 3 is 1.83 bits per heavy atom. The van der Waals surface area contributed by atoms with Crippen LogP contribution in [0.15, 0.2) is 182 Å². The first-order valence-corrected chi connectivity index (χ1v) is 20.7. The molecule has 0 spiro atoms. The normalized spacial score (nSPS) is 11.9. The molecule has 0 fully saturated rings. The number of aromatic hydroxyl groups is 1. The SMILES string of the molecule is Cc1ccc(-c2ccnc(-c3cc(-c4ccccc4)cc(-c4cccc5c4nc(-c4ccccc4O)n5-c4ccc(C(C)(C)C(C)(C)C)cc4-c4ccccc4)c3)c2)cc1. The third-order valence-corrected chi connectivity index (χ3v) is 12.5. The van der Waals surface area contributed by atoms with Gasteiger partial charge < -0.3 is 5.11 Å². The zero-order valence-electron chi connectivity index (χ0n) is 35.1. The molecule has 0 aliphatic rings. The van der Waals surface area contributed by atoms with Crippen molar-refractivity contribution in [2.24, 2.45) is 5.41 Å². The van der Waals surface area contributed by atoms with Crippen molar-refractivity contribution in [1.29, 1.82) is 0 Å². The third-order valence-electron chi connectivity index (χ3n) is 12.5. The molecule has 0 radical (unpaired) electrons. The van der Waals surface area contributed by atoms with Gasteiger partial charge in [0.15, 0.2) is 0 Å². The Hall–Kier alpha value is -7.04. The summed E-state index contributed by atoms with van der Waals surface area (Å²) >= 11 is 0. The molecule has 0 saturated heterocycles. The molecular formula is C56H49N3O. The van der Waals surface area contributed by atoms with Crippen LogP contribution in [-0.2, 0) is 5.41 Å². The van der Waals surface area contributed by atoms with E-state index >= 15 is 0 Å². The number of fused-ring (bicyclic) bond motifs is 1. The Bertz CT molecular complexity index is 2990. The smallest absolute Gasteiger partial charge is 0.149 e. The Morgan fingerprint density at radius 1 is 0.483 bits per heavy atom. The molecule has 0 bridgehead atoms. The van der Waals surface area contributed by atoms with Crippen molar-refractivity contribution in [3.05, 3.63) is 193 Å². The van der Waals surface area contributed by atoms with Crippen molar-refractivity contribution in [3.8, 4) is 78.6 Å². The summed E-state index contributed by atoms with van der Waals surface area (Å²) < 4.78 is 2.23. The number of rotatable bonds is 8. The molecule has 9 rings (SSSR count). The van der Waals surface area contributed by atoms with Crippen molar-refractivity contribution in [3.63, 3.8) is 0 Å². The van der Waals surface area contributed by atoms with E-state index in [9.17, 15) is 5.11 Å². The molecule has 2 aromatic heterocycles. The lowest BCUT2D eigenvalue weighted by Crippen LogP contribution is -2.34. The van der Waals surface area contributed by atoms with Gasteiger partial charge >= 0.3 is 0 Å². The Morgan fingerprint density at radius 2 is 1.12 bits per heavy atom. The fourth-order valence-corrected chi connectivity index (χ4v) is 8.06. The van der Waals surface area contributed by atoms with Crippen LogP contribution in [0.1, 0.15) is 45.7 Å². The Labute approximate surface area is 353 Å². The van der Waals surface area contributed by atoms with Crippen molar-refractivity contribution >= 4 is 11.0 Å². The molecule has 294 valence electrons. The largest absolute Gasteiger partial charge is 0.507 e.